The van der Waals surface area contributed by atoms with E-state index in [0.717, 1.165) is 11.1 Å². The minimum Gasteiger partial charge on any atom is -0.321 e. The van der Waals surface area contributed by atoms with E-state index in [9.17, 15) is 4.79 Å². The normalized spacial score (nSPS) is 12.1. The fraction of sp³-hybridized carbons (Fsp3) is 0.200. The van der Waals surface area contributed by atoms with Gasteiger partial charge in [-0.1, -0.05) is 0 Å². The van der Waals surface area contributed by atoms with Gasteiger partial charge in [-0.25, -0.2) is 4.79 Å². The van der Waals surface area contributed by atoms with Gasteiger partial charge in [0.05, 0.1) is 6.04 Å². The molecule has 0 aliphatic heterocycles. The molecule has 1 atom stereocenters. The van der Waals surface area contributed by atoms with Crippen LogP contribution >= 0.6 is 0 Å². The summed E-state index contributed by atoms with van der Waals surface area (Å²) in [7, 11) is 1.76. The monoisotopic (exact) mass is 296 g/mol. The second-order valence-electron chi connectivity index (χ2n) is 5.02. The number of aromatic nitrogens is 4. The molecule has 0 unspecified atom stereocenters. The van der Waals surface area contributed by atoms with Crippen molar-refractivity contribution in [1.29, 1.82) is 0 Å². The number of pyridine rings is 1. The maximum Gasteiger partial charge on any atom is 0.322 e. The van der Waals surface area contributed by atoms with Gasteiger partial charge < -0.3 is 10.2 Å². The van der Waals surface area contributed by atoms with Crippen LogP contribution in [0.3, 0.4) is 0 Å². The lowest BCUT2D eigenvalue weighted by molar-refractivity contribution is 0.208. The van der Waals surface area contributed by atoms with Gasteiger partial charge in [0, 0.05) is 25.1 Å². The van der Waals surface area contributed by atoms with E-state index in [-0.39, 0.29) is 12.1 Å². The molecule has 2 amide bonds. The number of urea groups is 1. The first-order valence-corrected chi connectivity index (χ1v) is 6.89. The highest BCUT2D eigenvalue weighted by Crippen LogP contribution is 2.20. The molecular weight excluding hydrogens is 280 g/mol. The number of benzene rings is 1. The molecule has 7 heteroatoms. The molecule has 0 radical (unpaired) electrons. The SMILES string of the molecule is C[C@H](c1ccncc1)N(C)C(=O)Nc1ccc2n[nH]nc2c1. The summed E-state index contributed by atoms with van der Waals surface area (Å²) in [6.07, 6.45) is 3.44. The average molecular weight is 296 g/mol. The second kappa shape index (κ2) is 5.80. The van der Waals surface area contributed by atoms with Gasteiger partial charge >= 0.3 is 6.03 Å². The highest BCUT2D eigenvalue weighted by Gasteiger charge is 2.17. The fourth-order valence-electron chi connectivity index (χ4n) is 2.17. The van der Waals surface area contributed by atoms with Crippen LogP contribution in [0, 0.1) is 0 Å². The lowest BCUT2D eigenvalue weighted by Crippen LogP contribution is -2.33. The largest absolute Gasteiger partial charge is 0.322 e. The number of hydrogen-bond donors (Lipinski definition) is 2. The zero-order chi connectivity index (χ0) is 15.5. The highest BCUT2D eigenvalue weighted by molar-refractivity contribution is 5.91. The van der Waals surface area contributed by atoms with E-state index < -0.39 is 0 Å². The molecule has 7 nitrogen and oxygen atoms in total. The van der Waals surface area contributed by atoms with Gasteiger partial charge in [-0.3, -0.25) is 4.98 Å². The Morgan fingerprint density at radius 2 is 1.91 bits per heavy atom. The predicted octanol–water partition coefficient (Wildman–Crippen LogP) is 2.58. The Morgan fingerprint density at radius 1 is 1.18 bits per heavy atom. The molecule has 0 aliphatic rings. The molecule has 2 N–H and O–H groups in total. The standard InChI is InChI=1S/C15H16N6O/c1-10(11-5-7-16-8-6-11)21(2)15(22)17-12-3-4-13-14(9-12)19-20-18-13/h3-10H,1-2H3,(H,17,22)(H,18,19,20)/t10-/m1/s1. The number of carbonyl (C=O) groups is 1. The zero-order valence-electron chi connectivity index (χ0n) is 12.3. The quantitative estimate of drug-likeness (QED) is 0.777. The van der Waals surface area contributed by atoms with Crippen molar-refractivity contribution in [3.63, 3.8) is 0 Å². The van der Waals surface area contributed by atoms with E-state index in [1.165, 1.54) is 0 Å². The third-order valence-corrected chi connectivity index (χ3v) is 3.66. The summed E-state index contributed by atoms with van der Waals surface area (Å²) < 4.78 is 0. The van der Waals surface area contributed by atoms with Gasteiger partial charge in [0.1, 0.15) is 11.0 Å². The second-order valence-corrected chi connectivity index (χ2v) is 5.02. The Labute approximate surface area is 127 Å². The Hall–Kier alpha value is -2.96. The van der Waals surface area contributed by atoms with Gasteiger partial charge in [0.25, 0.3) is 0 Å². The Balaban J connectivity index is 1.73. The minimum atomic E-state index is -0.188. The summed E-state index contributed by atoms with van der Waals surface area (Å²) in [4.78, 5) is 18.0. The maximum absolute atomic E-state index is 12.4. The summed E-state index contributed by atoms with van der Waals surface area (Å²) in [5.74, 6) is 0. The molecule has 0 aliphatic carbocycles. The average Bonchev–Trinajstić information content (AvgIpc) is 3.02. The Bertz CT molecular complexity index is 785. The van der Waals surface area contributed by atoms with E-state index in [1.54, 1.807) is 42.5 Å². The van der Waals surface area contributed by atoms with E-state index >= 15 is 0 Å². The summed E-state index contributed by atoms with van der Waals surface area (Å²) in [6, 6.07) is 8.94. The van der Waals surface area contributed by atoms with Crippen LogP contribution in [0.15, 0.2) is 42.7 Å². The van der Waals surface area contributed by atoms with Crippen LogP contribution < -0.4 is 5.32 Å². The topological polar surface area (TPSA) is 86.8 Å². The van der Waals surface area contributed by atoms with Crippen LogP contribution in [0.1, 0.15) is 18.5 Å². The molecule has 3 aromatic rings. The van der Waals surface area contributed by atoms with Gasteiger partial charge in [-0.05, 0) is 42.8 Å². The Kier molecular flexibility index (Phi) is 3.69. The van der Waals surface area contributed by atoms with Crippen molar-refractivity contribution in [3.8, 4) is 0 Å². The van der Waals surface area contributed by atoms with Crippen molar-refractivity contribution in [2.75, 3.05) is 12.4 Å². The predicted molar refractivity (Wildman–Crippen MR) is 83.3 cm³/mol. The zero-order valence-corrected chi connectivity index (χ0v) is 12.3. The molecule has 2 heterocycles. The molecule has 0 fully saturated rings. The van der Waals surface area contributed by atoms with Gasteiger partial charge in [0.2, 0.25) is 0 Å². The Morgan fingerprint density at radius 3 is 2.68 bits per heavy atom. The highest BCUT2D eigenvalue weighted by atomic mass is 16.2. The van der Waals surface area contributed by atoms with E-state index in [2.05, 4.69) is 25.7 Å². The van der Waals surface area contributed by atoms with Crippen LogP contribution in [0.2, 0.25) is 0 Å². The summed E-state index contributed by atoms with van der Waals surface area (Å²) in [5, 5.41) is 13.4. The van der Waals surface area contributed by atoms with Crippen LogP contribution in [0.5, 0.6) is 0 Å². The van der Waals surface area contributed by atoms with Crippen molar-refractivity contribution < 1.29 is 4.79 Å². The summed E-state index contributed by atoms with van der Waals surface area (Å²) >= 11 is 0. The number of anilines is 1. The van der Waals surface area contributed by atoms with Gasteiger partial charge in [0.15, 0.2) is 0 Å². The molecule has 22 heavy (non-hydrogen) atoms. The van der Waals surface area contributed by atoms with Crippen molar-refractivity contribution in [3.05, 3.63) is 48.3 Å². The molecule has 0 bridgehead atoms. The van der Waals surface area contributed by atoms with Crippen molar-refractivity contribution in [2.24, 2.45) is 0 Å². The first kappa shape index (κ1) is 14.0. The number of rotatable bonds is 3. The number of nitrogens with one attached hydrogen (secondary N) is 2. The maximum atomic E-state index is 12.4. The number of aromatic amines is 1. The van der Waals surface area contributed by atoms with Crippen LogP contribution in [0.25, 0.3) is 11.0 Å². The molecule has 0 spiro atoms. The lowest BCUT2D eigenvalue weighted by atomic mass is 10.1. The number of amides is 2. The molecule has 0 saturated carbocycles. The molecule has 0 saturated heterocycles. The molecule has 3 rings (SSSR count). The lowest BCUT2D eigenvalue weighted by Gasteiger charge is -2.25. The van der Waals surface area contributed by atoms with E-state index in [0.29, 0.717) is 11.2 Å². The minimum absolute atomic E-state index is 0.0567. The van der Waals surface area contributed by atoms with Crippen LogP contribution in [-0.4, -0.2) is 38.4 Å². The van der Waals surface area contributed by atoms with Crippen molar-refractivity contribution >= 4 is 22.8 Å². The third-order valence-electron chi connectivity index (χ3n) is 3.66. The smallest absolute Gasteiger partial charge is 0.321 e. The number of H-pyrrole nitrogens is 1. The van der Waals surface area contributed by atoms with Crippen molar-refractivity contribution in [1.82, 2.24) is 25.3 Å². The molecular formula is C15H16N6O. The summed E-state index contributed by atoms with van der Waals surface area (Å²) in [5.41, 5.74) is 3.18. The molecule has 1 aromatic carbocycles. The number of nitrogens with zero attached hydrogens (tertiary/aromatic N) is 4. The van der Waals surface area contributed by atoms with Crippen LogP contribution in [-0.2, 0) is 0 Å². The van der Waals surface area contributed by atoms with Gasteiger partial charge in [-0.2, -0.15) is 15.4 Å². The first-order valence-electron chi connectivity index (χ1n) is 6.89. The van der Waals surface area contributed by atoms with Crippen molar-refractivity contribution in [2.45, 2.75) is 13.0 Å². The number of fused-ring (bicyclic) bond motifs is 1. The molecule has 112 valence electrons. The third kappa shape index (κ3) is 2.73. The molecule has 2 aromatic heterocycles. The van der Waals surface area contributed by atoms with Gasteiger partial charge in [-0.15, -0.1) is 0 Å². The number of carbonyl (C=O) groups excluding carboxylic acids is 1. The number of hydrogen-bond acceptors (Lipinski definition) is 4. The fourth-order valence-corrected chi connectivity index (χ4v) is 2.17. The van der Waals surface area contributed by atoms with E-state index in [1.807, 2.05) is 19.1 Å². The van der Waals surface area contributed by atoms with Crippen LogP contribution in [0.4, 0.5) is 10.5 Å². The summed E-state index contributed by atoms with van der Waals surface area (Å²) in [6.45, 7) is 1.97. The first-order chi connectivity index (χ1) is 10.6. The van der Waals surface area contributed by atoms with E-state index in [4.69, 9.17) is 0 Å².